The molecule has 1 aromatic rings. The first kappa shape index (κ1) is 27.3. The third kappa shape index (κ3) is 5.29. The van der Waals surface area contributed by atoms with E-state index < -0.39 is 35.7 Å². The zero-order chi connectivity index (χ0) is 27.5. The normalized spacial score (nSPS) is 37.7. The fraction of sp³-hybridized carbons (Fsp3) is 0.893. The lowest BCUT2D eigenvalue weighted by Crippen LogP contribution is -2.61. The van der Waals surface area contributed by atoms with E-state index in [9.17, 15) is 9.18 Å². The number of ether oxygens (including phenoxy) is 1. The van der Waals surface area contributed by atoms with Crippen LogP contribution in [0, 0.1) is 0 Å². The summed E-state index contributed by atoms with van der Waals surface area (Å²) in [5.74, 6) is -2.45. The van der Waals surface area contributed by atoms with Crippen molar-refractivity contribution in [2.24, 2.45) is 0 Å². The van der Waals surface area contributed by atoms with Crippen molar-refractivity contribution < 1.29 is 27.2 Å². The molecule has 218 valence electrons. The molecule has 2 bridgehead atoms. The van der Waals surface area contributed by atoms with Gasteiger partial charge in [0, 0.05) is 43.1 Å². The van der Waals surface area contributed by atoms with Crippen LogP contribution in [0.2, 0.25) is 0 Å². The number of amides is 2. The summed E-state index contributed by atoms with van der Waals surface area (Å²) in [6.45, 7) is 7.23. The number of nitrogens with one attached hydrogen (secondary N) is 1. The van der Waals surface area contributed by atoms with E-state index in [1.165, 1.54) is 0 Å². The van der Waals surface area contributed by atoms with Crippen LogP contribution < -0.4 is 5.32 Å². The molecule has 2 saturated carbocycles. The number of rotatable bonds is 6. The summed E-state index contributed by atoms with van der Waals surface area (Å²) in [4.78, 5) is 21.8. The molecule has 7 atom stereocenters. The molecule has 0 radical (unpaired) electrons. The minimum atomic E-state index is -3.02. The molecule has 5 fully saturated rings. The molecule has 2 amide bonds. The van der Waals surface area contributed by atoms with Crippen molar-refractivity contribution in [3.63, 3.8) is 0 Å². The third-order valence-corrected chi connectivity index (χ3v) is 9.98. The molecule has 1 aromatic heterocycles. The Morgan fingerprint density at radius 3 is 2.38 bits per heavy atom. The summed E-state index contributed by atoms with van der Waals surface area (Å²) in [5.41, 5.74) is -0.413. The number of carbonyl (C=O) groups excluding carboxylic acids is 1. The van der Waals surface area contributed by atoms with Crippen molar-refractivity contribution in [2.45, 2.75) is 145 Å². The van der Waals surface area contributed by atoms with Crippen LogP contribution in [-0.4, -0.2) is 87.5 Å². The van der Waals surface area contributed by atoms with Crippen LogP contribution in [0.15, 0.2) is 4.52 Å². The summed E-state index contributed by atoms with van der Waals surface area (Å²) < 4.78 is 55.5. The quantitative estimate of drug-likeness (QED) is 0.538. The topological polar surface area (TPSA) is 83.7 Å². The van der Waals surface area contributed by atoms with Gasteiger partial charge in [0.05, 0.1) is 18.1 Å². The number of nitrogens with zero attached hydrogens (tertiary/aromatic N) is 4. The van der Waals surface area contributed by atoms with Gasteiger partial charge in [0.2, 0.25) is 5.89 Å². The molecule has 0 unspecified atom stereocenters. The van der Waals surface area contributed by atoms with E-state index in [2.05, 4.69) is 34.2 Å². The smallest absolute Gasteiger partial charge is 0.317 e. The Morgan fingerprint density at radius 2 is 1.77 bits per heavy atom. The van der Waals surface area contributed by atoms with Gasteiger partial charge in [-0.2, -0.15) is 4.98 Å². The van der Waals surface area contributed by atoms with Crippen LogP contribution in [0.5, 0.6) is 0 Å². The predicted molar refractivity (Wildman–Crippen MR) is 138 cm³/mol. The minimum absolute atomic E-state index is 0.0466. The number of hydrogen-bond acceptors (Lipinski definition) is 6. The molecule has 3 saturated heterocycles. The molecule has 2 aliphatic carbocycles. The summed E-state index contributed by atoms with van der Waals surface area (Å²) >= 11 is 0. The van der Waals surface area contributed by atoms with Crippen LogP contribution >= 0.6 is 0 Å². The standard InChI is InChI=1S/C28H42F3N5O3/c1-16(2)36-17-6-7-18(36)14-19(13-17)38-22-5-4-8-28(30,31)23(22)32-26(37)35-11-9-27(3,10-12-35)25-33-24(39-34-25)20-15-21(20)29/h16-23H,4-15H2,1-3H3,(H,32,37)/t17-,18+,19+,20-,21+,22+,23-/m1/s1. The zero-order valence-corrected chi connectivity index (χ0v) is 23.3. The lowest BCUT2D eigenvalue weighted by molar-refractivity contribution is -0.152. The van der Waals surface area contributed by atoms with Crippen LogP contribution in [0.4, 0.5) is 18.0 Å². The third-order valence-electron chi connectivity index (χ3n) is 9.98. The zero-order valence-electron chi connectivity index (χ0n) is 23.3. The number of piperidine rings is 2. The van der Waals surface area contributed by atoms with Gasteiger partial charge in [0.1, 0.15) is 12.2 Å². The number of hydrogen-bond donors (Lipinski definition) is 1. The number of carbonyl (C=O) groups is 1. The second kappa shape index (κ2) is 10.2. The average Bonchev–Trinajstić information content (AvgIpc) is 3.28. The number of alkyl halides is 3. The van der Waals surface area contributed by atoms with Crippen molar-refractivity contribution in [2.75, 3.05) is 13.1 Å². The molecular formula is C28H42F3N5O3. The maximum atomic E-state index is 15.2. The molecular weight excluding hydrogens is 511 g/mol. The van der Waals surface area contributed by atoms with Crippen LogP contribution in [0.1, 0.15) is 103 Å². The highest BCUT2D eigenvalue weighted by atomic mass is 19.3. The minimum Gasteiger partial charge on any atom is -0.372 e. The van der Waals surface area contributed by atoms with E-state index in [4.69, 9.17) is 9.26 Å². The first-order chi connectivity index (χ1) is 18.5. The van der Waals surface area contributed by atoms with E-state index in [0.717, 1.165) is 25.7 Å². The molecule has 11 heteroatoms. The SMILES string of the molecule is CC(C)N1[C@@H]2CC[C@H]1C[C@@H](O[C@H]1CCCC(F)(F)[C@@H]1NC(=O)N1CCC(C)(c3noc([C@@H]4C[C@@H]4F)n3)CC1)C2. The van der Waals surface area contributed by atoms with Crippen LogP contribution in [-0.2, 0) is 10.2 Å². The van der Waals surface area contributed by atoms with E-state index in [1.807, 2.05) is 6.92 Å². The van der Waals surface area contributed by atoms with Crippen LogP contribution in [0.3, 0.4) is 0 Å². The average molecular weight is 554 g/mol. The van der Waals surface area contributed by atoms with Gasteiger partial charge < -0.3 is 19.5 Å². The van der Waals surface area contributed by atoms with E-state index in [-0.39, 0.29) is 18.4 Å². The second-order valence-corrected chi connectivity index (χ2v) is 13.1. The monoisotopic (exact) mass is 553 g/mol. The van der Waals surface area contributed by atoms with Gasteiger partial charge in [-0.1, -0.05) is 12.1 Å². The number of urea groups is 1. The number of fused-ring (bicyclic) bond motifs is 2. The van der Waals surface area contributed by atoms with Crippen molar-refractivity contribution in [1.29, 1.82) is 0 Å². The van der Waals surface area contributed by atoms with Gasteiger partial charge in [-0.05, 0) is 71.6 Å². The number of halogens is 3. The van der Waals surface area contributed by atoms with Crippen molar-refractivity contribution >= 4 is 6.03 Å². The molecule has 6 rings (SSSR count). The van der Waals surface area contributed by atoms with Crippen molar-refractivity contribution in [3.05, 3.63) is 11.7 Å². The van der Waals surface area contributed by atoms with Gasteiger partial charge in [-0.3, -0.25) is 4.90 Å². The summed E-state index contributed by atoms with van der Waals surface area (Å²) in [5, 5.41) is 6.79. The molecule has 5 aliphatic rings. The molecule has 8 nitrogen and oxygen atoms in total. The second-order valence-electron chi connectivity index (χ2n) is 13.1. The Hall–Kier alpha value is -1.88. The molecule has 0 spiro atoms. The van der Waals surface area contributed by atoms with Gasteiger partial charge in [-0.25, -0.2) is 18.0 Å². The van der Waals surface area contributed by atoms with Gasteiger partial charge in [0.25, 0.3) is 5.92 Å². The Balaban J connectivity index is 1.06. The first-order valence-corrected chi connectivity index (χ1v) is 14.9. The van der Waals surface area contributed by atoms with Crippen molar-refractivity contribution in [1.82, 2.24) is 25.3 Å². The maximum absolute atomic E-state index is 15.2. The Kier molecular flexibility index (Phi) is 7.13. The lowest BCUT2D eigenvalue weighted by Gasteiger charge is -2.45. The van der Waals surface area contributed by atoms with E-state index in [0.29, 0.717) is 75.0 Å². The highest BCUT2D eigenvalue weighted by Gasteiger charge is 2.51. The highest BCUT2D eigenvalue weighted by molar-refractivity contribution is 5.75. The summed E-state index contributed by atoms with van der Waals surface area (Å²) in [6.07, 6.45) is 4.60. The first-order valence-electron chi connectivity index (χ1n) is 14.9. The van der Waals surface area contributed by atoms with E-state index >= 15 is 8.78 Å². The van der Waals surface area contributed by atoms with Crippen molar-refractivity contribution in [3.8, 4) is 0 Å². The largest absolute Gasteiger partial charge is 0.372 e. The van der Waals surface area contributed by atoms with Gasteiger partial charge in [-0.15, -0.1) is 0 Å². The Bertz CT molecular complexity index is 1030. The molecule has 0 aromatic carbocycles. The van der Waals surface area contributed by atoms with Gasteiger partial charge in [0.15, 0.2) is 5.82 Å². The fourth-order valence-electron chi connectivity index (χ4n) is 7.54. The molecule has 4 heterocycles. The Morgan fingerprint density at radius 1 is 1.10 bits per heavy atom. The predicted octanol–water partition coefficient (Wildman–Crippen LogP) is 4.93. The summed E-state index contributed by atoms with van der Waals surface area (Å²) in [7, 11) is 0. The lowest BCUT2D eigenvalue weighted by atomic mass is 9.79. The molecule has 39 heavy (non-hydrogen) atoms. The highest BCUT2D eigenvalue weighted by Crippen LogP contribution is 2.44. The maximum Gasteiger partial charge on any atom is 0.317 e. The number of likely N-dealkylation sites (tertiary alicyclic amines) is 1. The fourth-order valence-corrected chi connectivity index (χ4v) is 7.54. The Labute approximate surface area is 228 Å². The summed E-state index contributed by atoms with van der Waals surface area (Å²) in [6, 6.07) is -0.430. The van der Waals surface area contributed by atoms with E-state index in [1.54, 1.807) is 4.90 Å². The number of aromatic nitrogens is 2. The molecule has 3 aliphatic heterocycles. The molecule has 1 N–H and O–H groups in total. The van der Waals surface area contributed by atoms with Crippen LogP contribution in [0.25, 0.3) is 0 Å². The van der Waals surface area contributed by atoms with Gasteiger partial charge >= 0.3 is 6.03 Å².